The molecule has 2 nitrogen and oxygen atoms in total. The molecule has 1 heterocycles. The minimum absolute atomic E-state index is 0.200. The molecule has 0 amide bonds. The quantitative estimate of drug-likeness (QED) is 0.722. The number of aliphatic hydroxyl groups excluding tert-OH is 1. The molecule has 0 fully saturated rings. The molecular weight excluding hydrogens is 275 g/mol. The van der Waals surface area contributed by atoms with Crippen LogP contribution in [0, 0.1) is 5.82 Å². The number of furan rings is 1. The number of hydrogen-bond donors (Lipinski definition) is 1. The van der Waals surface area contributed by atoms with Crippen LogP contribution in [0.5, 0.6) is 0 Å². The predicted molar refractivity (Wildman–Crippen MR) is 78.3 cm³/mol. The summed E-state index contributed by atoms with van der Waals surface area (Å²) in [4.78, 5) is 1.08. The summed E-state index contributed by atoms with van der Waals surface area (Å²) in [6, 6.07) is 16.2. The second kappa shape index (κ2) is 5.69. The van der Waals surface area contributed by atoms with E-state index in [9.17, 15) is 9.50 Å². The van der Waals surface area contributed by atoms with Crippen molar-refractivity contribution in [1.29, 1.82) is 0 Å². The van der Waals surface area contributed by atoms with Crippen molar-refractivity contribution in [2.75, 3.05) is 5.75 Å². The Morgan fingerprint density at radius 2 is 1.90 bits per heavy atom. The molecular formula is C16H13FO2S. The third kappa shape index (κ3) is 2.71. The van der Waals surface area contributed by atoms with E-state index in [0.717, 1.165) is 4.90 Å². The molecule has 0 aliphatic heterocycles. The maximum absolute atomic E-state index is 13.5. The summed E-state index contributed by atoms with van der Waals surface area (Å²) in [5.74, 6) is 0.455. The lowest BCUT2D eigenvalue weighted by atomic mass is 10.2. The number of rotatable bonds is 4. The van der Waals surface area contributed by atoms with Gasteiger partial charge in [-0.25, -0.2) is 4.39 Å². The number of benzene rings is 2. The summed E-state index contributed by atoms with van der Waals surface area (Å²) in [7, 11) is 0. The molecule has 0 radical (unpaired) electrons. The first kappa shape index (κ1) is 13.2. The summed E-state index contributed by atoms with van der Waals surface area (Å²) in [5.41, 5.74) is 0.200. The smallest absolute Gasteiger partial charge is 0.170 e. The van der Waals surface area contributed by atoms with Gasteiger partial charge in [0.1, 0.15) is 11.9 Å². The summed E-state index contributed by atoms with van der Waals surface area (Å²) in [6.07, 6.45) is -0.757. The first-order valence-electron chi connectivity index (χ1n) is 6.28. The minimum atomic E-state index is -0.757. The maximum atomic E-state index is 13.5. The molecule has 0 saturated heterocycles. The third-order valence-electron chi connectivity index (χ3n) is 2.99. The van der Waals surface area contributed by atoms with Gasteiger partial charge in [0.15, 0.2) is 11.4 Å². The average molecular weight is 288 g/mol. The Labute approximate surface area is 120 Å². The van der Waals surface area contributed by atoms with E-state index in [1.165, 1.54) is 17.8 Å². The Bertz CT molecular complexity index is 709. The van der Waals surface area contributed by atoms with Crippen molar-refractivity contribution in [2.45, 2.75) is 11.0 Å². The van der Waals surface area contributed by atoms with Crippen LogP contribution >= 0.6 is 11.8 Å². The van der Waals surface area contributed by atoms with Crippen LogP contribution in [0.2, 0.25) is 0 Å². The molecule has 0 bridgehead atoms. The van der Waals surface area contributed by atoms with E-state index in [0.29, 0.717) is 16.9 Å². The molecule has 0 spiro atoms. The standard InChI is InChI=1S/C16H13FO2S/c17-13-8-4-5-11-9-15(19-16(11)13)14(18)10-20-12-6-2-1-3-7-12/h1-9,14,18H,10H2. The second-order valence-electron chi connectivity index (χ2n) is 4.45. The highest BCUT2D eigenvalue weighted by atomic mass is 32.2. The molecule has 1 unspecified atom stereocenters. The molecule has 3 rings (SSSR count). The highest BCUT2D eigenvalue weighted by Crippen LogP contribution is 2.29. The fraction of sp³-hybridized carbons (Fsp3) is 0.125. The van der Waals surface area contributed by atoms with Crippen LogP contribution in [0.15, 0.2) is 63.9 Å². The fourth-order valence-electron chi connectivity index (χ4n) is 1.99. The summed E-state index contributed by atoms with van der Waals surface area (Å²) < 4.78 is 18.9. The number of para-hydroxylation sites is 1. The molecule has 0 saturated carbocycles. The number of halogens is 1. The lowest BCUT2D eigenvalue weighted by molar-refractivity contribution is 0.176. The van der Waals surface area contributed by atoms with E-state index in [2.05, 4.69) is 0 Å². The largest absolute Gasteiger partial charge is 0.455 e. The van der Waals surface area contributed by atoms with Gasteiger partial charge >= 0.3 is 0 Å². The molecule has 0 aliphatic rings. The van der Waals surface area contributed by atoms with Crippen LogP contribution in [0.25, 0.3) is 11.0 Å². The molecule has 3 aromatic rings. The van der Waals surface area contributed by atoms with Gasteiger partial charge in [-0.3, -0.25) is 0 Å². The first-order valence-corrected chi connectivity index (χ1v) is 7.26. The van der Waals surface area contributed by atoms with Crippen molar-refractivity contribution in [3.05, 3.63) is 66.2 Å². The van der Waals surface area contributed by atoms with Crippen molar-refractivity contribution in [1.82, 2.24) is 0 Å². The predicted octanol–water partition coefficient (Wildman–Crippen LogP) is 4.40. The monoisotopic (exact) mass is 288 g/mol. The van der Waals surface area contributed by atoms with Crippen molar-refractivity contribution in [3.8, 4) is 0 Å². The zero-order valence-corrected chi connectivity index (χ0v) is 11.4. The van der Waals surface area contributed by atoms with Crippen molar-refractivity contribution < 1.29 is 13.9 Å². The molecule has 20 heavy (non-hydrogen) atoms. The van der Waals surface area contributed by atoms with E-state index in [-0.39, 0.29) is 5.58 Å². The van der Waals surface area contributed by atoms with Gasteiger partial charge in [0.25, 0.3) is 0 Å². The van der Waals surface area contributed by atoms with Crippen LogP contribution in [-0.2, 0) is 0 Å². The molecule has 1 N–H and O–H groups in total. The third-order valence-corrected chi connectivity index (χ3v) is 4.08. The Morgan fingerprint density at radius 3 is 2.65 bits per heavy atom. The second-order valence-corrected chi connectivity index (χ2v) is 5.54. The van der Waals surface area contributed by atoms with Gasteiger partial charge in [-0.05, 0) is 24.3 Å². The molecule has 2 aromatic carbocycles. The van der Waals surface area contributed by atoms with Crippen molar-refractivity contribution >= 4 is 22.7 Å². The van der Waals surface area contributed by atoms with Gasteiger partial charge in [0.2, 0.25) is 0 Å². The Balaban J connectivity index is 1.75. The Kier molecular flexibility index (Phi) is 3.76. The lowest BCUT2D eigenvalue weighted by Crippen LogP contribution is -1.98. The van der Waals surface area contributed by atoms with Crippen LogP contribution in [0.3, 0.4) is 0 Å². The van der Waals surface area contributed by atoms with Gasteiger partial charge in [-0.2, -0.15) is 0 Å². The van der Waals surface area contributed by atoms with Gasteiger partial charge in [-0.1, -0.05) is 30.3 Å². The van der Waals surface area contributed by atoms with Gasteiger partial charge < -0.3 is 9.52 Å². The normalized spacial score (nSPS) is 12.7. The van der Waals surface area contributed by atoms with Gasteiger partial charge in [-0.15, -0.1) is 11.8 Å². The highest BCUT2D eigenvalue weighted by Gasteiger charge is 2.15. The highest BCUT2D eigenvalue weighted by molar-refractivity contribution is 7.99. The van der Waals surface area contributed by atoms with Crippen molar-refractivity contribution in [2.24, 2.45) is 0 Å². The Hall–Kier alpha value is -1.78. The lowest BCUT2D eigenvalue weighted by Gasteiger charge is -2.06. The minimum Gasteiger partial charge on any atom is -0.455 e. The number of thioether (sulfide) groups is 1. The van der Waals surface area contributed by atoms with E-state index >= 15 is 0 Å². The van der Waals surface area contributed by atoms with Crippen LogP contribution < -0.4 is 0 Å². The van der Waals surface area contributed by atoms with E-state index in [4.69, 9.17) is 4.42 Å². The SMILES string of the molecule is OC(CSc1ccccc1)c1cc2cccc(F)c2o1. The topological polar surface area (TPSA) is 33.4 Å². The van der Waals surface area contributed by atoms with E-state index in [1.807, 2.05) is 30.3 Å². The fourth-order valence-corrected chi connectivity index (χ4v) is 2.85. The molecule has 1 aromatic heterocycles. The van der Waals surface area contributed by atoms with Crippen LogP contribution in [-0.4, -0.2) is 10.9 Å². The van der Waals surface area contributed by atoms with Crippen LogP contribution in [0.1, 0.15) is 11.9 Å². The molecule has 1 atom stereocenters. The number of hydrogen-bond acceptors (Lipinski definition) is 3. The number of aliphatic hydroxyl groups is 1. The molecule has 102 valence electrons. The molecule has 0 aliphatic carbocycles. The first-order chi connectivity index (χ1) is 9.74. The zero-order chi connectivity index (χ0) is 13.9. The van der Waals surface area contributed by atoms with Gasteiger partial charge in [0.05, 0.1) is 0 Å². The number of fused-ring (bicyclic) bond motifs is 1. The molecule has 4 heteroatoms. The Morgan fingerprint density at radius 1 is 1.10 bits per heavy atom. The maximum Gasteiger partial charge on any atom is 0.170 e. The summed E-state index contributed by atoms with van der Waals surface area (Å²) >= 11 is 1.53. The van der Waals surface area contributed by atoms with E-state index in [1.54, 1.807) is 18.2 Å². The average Bonchev–Trinajstić information content (AvgIpc) is 2.91. The summed E-state index contributed by atoms with van der Waals surface area (Å²) in [6.45, 7) is 0. The van der Waals surface area contributed by atoms with Crippen LogP contribution in [0.4, 0.5) is 4.39 Å². The van der Waals surface area contributed by atoms with Crippen molar-refractivity contribution in [3.63, 3.8) is 0 Å². The zero-order valence-electron chi connectivity index (χ0n) is 10.6. The van der Waals surface area contributed by atoms with E-state index < -0.39 is 11.9 Å². The van der Waals surface area contributed by atoms with Gasteiger partial charge in [0, 0.05) is 16.0 Å². The summed E-state index contributed by atoms with van der Waals surface area (Å²) in [5, 5.41) is 10.8.